The Kier molecular flexibility index (Phi) is 5.03. The first-order chi connectivity index (χ1) is 12.3. The number of hydrogen-bond donors (Lipinski definition) is 1. The van der Waals surface area contributed by atoms with E-state index in [-0.39, 0.29) is 48.3 Å². The fourth-order valence-corrected chi connectivity index (χ4v) is 5.03. The lowest BCUT2D eigenvalue weighted by atomic mass is 9.54. The minimum atomic E-state index is -0.625. The minimum Gasteiger partial charge on any atom is -0.465 e. The van der Waals surface area contributed by atoms with Crippen LogP contribution >= 0.6 is 0 Å². The Hall–Kier alpha value is -1.63. The molecule has 0 bridgehead atoms. The molecule has 3 aliphatic rings. The van der Waals surface area contributed by atoms with Crippen molar-refractivity contribution < 1.29 is 33.7 Å². The van der Waals surface area contributed by atoms with E-state index in [0.717, 1.165) is 6.42 Å². The lowest BCUT2D eigenvalue weighted by Crippen LogP contribution is -2.60. The maximum atomic E-state index is 12.3. The van der Waals surface area contributed by atoms with Gasteiger partial charge in [-0.15, -0.1) is 0 Å². The molecule has 0 amide bonds. The van der Waals surface area contributed by atoms with Crippen molar-refractivity contribution in [2.75, 3.05) is 13.2 Å². The van der Waals surface area contributed by atoms with Crippen molar-refractivity contribution in [3.63, 3.8) is 0 Å². The molecule has 0 radical (unpaired) electrons. The number of aliphatic hydroxyl groups excluding tert-OH is 1. The van der Waals surface area contributed by atoms with Crippen LogP contribution in [0.5, 0.6) is 0 Å². The molecular formula is C19H28O7. The number of esters is 3. The van der Waals surface area contributed by atoms with Crippen molar-refractivity contribution in [2.24, 2.45) is 35.0 Å². The molecule has 7 heteroatoms. The summed E-state index contributed by atoms with van der Waals surface area (Å²) < 4.78 is 16.9. The quantitative estimate of drug-likeness (QED) is 0.590. The number of carbonyl (C=O) groups excluding carboxylic acids is 3. The predicted molar refractivity (Wildman–Crippen MR) is 89.6 cm³/mol. The van der Waals surface area contributed by atoms with Crippen LogP contribution in [0.25, 0.3) is 0 Å². The first kappa shape index (κ1) is 19.1. The van der Waals surface area contributed by atoms with E-state index in [4.69, 9.17) is 14.2 Å². The second kappa shape index (κ2) is 6.83. The molecule has 2 saturated heterocycles. The Labute approximate surface area is 153 Å². The van der Waals surface area contributed by atoms with Gasteiger partial charge in [0.05, 0.1) is 31.0 Å². The maximum Gasteiger partial charge on any atom is 0.311 e. The second-order valence-corrected chi connectivity index (χ2v) is 8.17. The smallest absolute Gasteiger partial charge is 0.311 e. The van der Waals surface area contributed by atoms with Crippen LogP contribution in [0.4, 0.5) is 0 Å². The van der Waals surface area contributed by atoms with Gasteiger partial charge in [-0.1, -0.05) is 20.8 Å². The van der Waals surface area contributed by atoms with E-state index in [9.17, 15) is 19.5 Å². The Balaban J connectivity index is 1.96. The van der Waals surface area contributed by atoms with Crippen LogP contribution in [0.1, 0.15) is 40.5 Å². The Morgan fingerprint density at radius 1 is 1.31 bits per heavy atom. The first-order valence-corrected chi connectivity index (χ1v) is 9.44. The van der Waals surface area contributed by atoms with Gasteiger partial charge in [0.1, 0.15) is 12.2 Å². The largest absolute Gasteiger partial charge is 0.465 e. The Morgan fingerprint density at radius 3 is 2.62 bits per heavy atom. The number of cyclic esters (lactones) is 1. The van der Waals surface area contributed by atoms with Crippen LogP contribution in [-0.4, -0.2) is 48.4 Å². The van der Waals surface area contributed by atoms with E-state index in [0.29, 0.717) is 6.42 Å². The summed E-state index contributed by atoms with van der Waals surface area (Å²) in [7, 11) is 0. The molecule has 0 spiro atoms. The van der Waals surface area contributed by atoms with Crippen LogP contribution in [0.2, 0.25) is 0 Å². The SMILES string of the molecule is CC[C@@]12COC(=O)C(C)[C@@H]1[C@H]1OC(=O)C(C)[C@@H]1[C@@H](OC(=O)C(C)CO)C2. The maximum absolute atomic E-state index is 12.3. The van der Waals surface area contributed by atoms with Crippen molar-refractivity contribution in [2.45, 2.75) is 52.7 Å². The van der Waals surface area contributed by atoms with Crippen LogP contribution in [-0.2, 0) is 28.6 Å². The average Bonchev–Trinajstić information content (AvgIpc) is 2.92. The molecule has 2 aliphatic heterocycles. The highest BCUT2D eigenvalue weighted by atomic mass is 16.6. The van der Waals surface area contributed by atoms with Crippen LogP contribution in [0, 0.1) is 35.0 Å². The molecule has 3 unspecified atom stereocenters. The van der Waals surface area contributed by atoms with Gasteiger partial charge < -0.3 is 19.3 Å². The number of fused-ring (bicyclic) bond motifs is 3. The highest BCUT2D eigenvalue weighted by molar-refractivity contribution is 5.77. The first-order valence-electron chi connectivity index (χ1n) is 9.44. The zero-order chi connectivity index (χ0) is 19.2. The van der Waals surface area contributed by atoms with Crippen molar-refractivity contribution in [1.29, 1.82) is 0 Å². The Morgan fingerprint density at radius 2 is 2.00 bits per heavy atom. The fraction of sp³-hybridized carbons (Fsp3) is 0.842. The van der Waals surface area contributed by atoms with E-state index in [1.165, 1.54) is 0 Å². The number of rotatable bonds is 4. The van der Waals surface area contributed by atoms with Gasteiger partial charge in [-0.05, 0) is 19.8 Å². The van der Waals surface area contributed by atoms with E-state index in [1.54, 1.807) is 13.8 Å². The third-order valence-electron chi connectivity index (χ3n) is 6.74. The van der Waals surface area contributed by atoms with Crippen LogP contribution < -0.4 is 0 Å². The molecule has 0 aromatic carbocycles. The van der Waals surface area contributed by atoms with Crippen molar-refractivity contribution in [1.82, 2.24) is 0 Å². The molecule has 1 aliphatic carbocycles. The van der Waals surface area contributed by atoms with Crippen LogP contribution in [0.15, 0.2) is 0 Å². The second-order valence-electron chi connectivity index (χ2n) is 8.17. The lowest BCUT2D eigenvalue weighted by Gasteiger charge is -2.54. The molecule has 146 valence electrons. The minimum absolute atomic E-state index is 0.141. The van der Waals surface area contributed by atoms with Gasteiger partial charge in [-0.2, -0.15) is 0 Å². The zero-order valence-electron chi connectivity index (χ0n) is 15.8. The molecule has 3 rings (SSSR count). The van der Waals surface area contributed by atoms with Crippen molar-refractivity contribution in [3.8, 4) is 0 Å². The third-order valence-corrected chi connectivity index (χ3v) is 6.74. The molecule has 0 aromatic rings. The fourth-order valence-electron chi connectivity index (χ4n) is 5.03. The predicted octanol–water partition coefficient (Wildman–Crippen LogP) is 1.31. The summed E-state index contributed by atoms with van der Waals surface area (Å²) in [6.45, 7) is 7.19. The topological polar surface area (TPSA) is 99.1 Å². The highest BCUT2D eigenvalue weighted by Gasteiger charge is 2.64. The summed E-state index contributed by atoms with van der Waals surface area (Å²) in [6, 6.07) is 0. The molecule has 7 nitrogen and oxygen atoms in total. The molecule has 8 atom stereocenters. The molecule has 0 aromatic heterocycles. The van der Waals surface area contributed by atoms with Crippen molar-refractivity contribution >= 4 is 17.9 Å². The molecule has 1 saturated carbocycles. The summed E-state index contributed by atoms with van der Waals surface area (Å²) >= 11 is 0. The molecule has 1 N–H and O–H groups in total. The average molecular weight is 368 g/mol. The van der Waals surface area contributed by atoms with Gasteiger partial charge >= 0.3 is 17.9 Å². The van der Waals surface area contributed by atoms with Crippen molar-refractivity contribution in [3.05, 3.63) is 0 Å². The molecule has 26 heavy (non-hydrogen) atoms. The molecule has 3 fully saturated rings. The Bertz CT molecular complexity index is 603. The summed E-state index contributed by atoms with van der Waals surface area (Å²) in [5, 5.41) is 9.23. The monoisotopic (exact) mass is 368 g/mol. The summed E-state index contributed by atoms with van der Waals surface area (Å²) in [5.41, 5.74) is -0.383. The molecular weight excluding hydrogens is 340 g/mol. The molecule has 2 heterocycles. The van der Waals surface area contributed by atoms with E-state index < -0.39 is 30.0 Å². The number of hydrogen-bond acceptors (Lipinski definition) is 7. The van der Waals surface area contributed by atoms with Gasteiger partial charge in [0.2, 0.25) is 0 Å². The van der Waals surface area contributed by atoms with E-state index in [1.807, 2.05) is 13.8 Å². The highest BCUT2D eigenvalue weighted by Crippen LogP contribution is 2.57. The van der Waals surface area contributed by atoms with Crippen LogP contribution in [0.3, 0.4) is 0 Å². The van der Waals surface area contributed by atoms with Gasteiger partial charge in [0.15, 0.2) is 0 Å². The summed E-state index contributed by atoms with van der Waals surface area (Å²) in [4.78, 5) is 36.8. The number of aliphatic hydroxyl groups is 1. The lowest BCUT2D eigenvalue weighted by molar-refractivity contribution is -0.210. The van der Waals surface area contributed by atoms with E-state index >= 15 is 0 Å². The third kappa shape index (κ3) is 2.80. The zero-order valence-corrected chi connectivity index (χ0v) is 15.8. The van der Waals surface area contributed by atoms with Gasteiger partial charge in [-0.3, -0.25) is 14.4 Å². The van der Waals surface area contributed by atoms with Gasteiger partial charge in [-0.25, -0.2) is 0 Å². The normalized spacial score (nSPS) is 43.0. The van der Waals surface area contributed by atoms with Gasteiger partial charge in [0, 0.05) is 17.3 Å². The standard InChI is InChI=1S/C19H28O7/c1-5-19-6-12(25-16(21)9(2)7-20)13-10(3)18(23)26-15(13)14(19)11(4)17(22)24-8-19/h9-15,20H,5-8H2,1-4H3/t9?,10?,11?,12-,13+,14+,15-,19+/m0/s1. The number of carbonyl (C=O) groups is 3. The van der Waals surface area contributed by atoms with E-state index in [2.05, 4.69) is 0 Å². The van der Waals surface area contributed by atoms with Gasteiger partial charge in [0.25, 0.3) is 0 Å². The summed E-state index contributed by atoms with van der Waals surface area (Å²) in [6.07, 6.45) is 0.297. The number of ether oxygens (including phenoxy) is 3. The summed E-state index contributed by atoms with van der Waals surface area (Å²) in [5.74, 6) is -2.88.